The Morgan fingerprint density at radius 1 is 0.553 bits per heavy atom. The summed E-state index contributed by atoms with van der Waals surface area (Å²) in [4.78, 5) is 0. The van der Waals surface area contributed by atoms with Crippen molar-refractivity contribution in [3.8, 4) is 0 Å². The van der Waals surface area contributed by atoms with Gasteiger partial charge in [-0.3, -0.25) is 0 Å². The molecule has 0 fully saturated rings. The first-order valence-electron chi connectivity index (χ1n) is 12.6. The van der Waals surface area contributed by atoms with Crippen molar-refractivity contribution in [3.05, 3.63) is 153 Å². The molecular weight excluding hydrogens is 472 g/mol. The first-order valence-corrected chi connectivity index (χ1v) is 12.6. The lowest BCUT2D eigenvalue weighted by Crippen LogP contribution is -2.14. The molecule has 188 valence electrons. The Balaban J connectivity index is 1.56. The molecule has 2 nitrogen and oxygen atoms in total. The molecular formula is C32H30B2F2N2. The van der Waals surface area contributed by atoms with Crippen LogP contribution in [0.5, 0.6) is 0 Å². The number of hydrogen-bond acceptors (Lipinski definition) is 2. The zero-order valence-corrected chi connectivity index (χ0v) is 21.7. The summed E-state index contributed by atoms with van der Waals surface area (Å²) in [5.41, 5.74) is 22.1. The molecule has 0 atom stereocenters. The zero-order valence-electron chi connectivity index (χ0n) is 21.7. The summed E-state index contributed by atoms with van der Waals surface area (Å²) in [7, 11) is 3.96. The molecule has 0 heterocycles. The highest BCUT2D eigenvalue weighted by Crippen LogP contribution is 2.28. The van der Waals surface area contributed by atoms with Gasteiger partial charge in [-0.2, -0.15) is 0 Å². The highest BCUT2D eigenvalue weighted by Gasteiger charge is 2.14. The fraction of sp³-hybridized carbons (Fsp3) is 0.125. The van der Waals surface area contributed by atoms with Crippen LogP contribution >= 0.6 is 0 Å². The molecule has 0 spiro atoms. The SMILES string of the molecule is Cc1cccc(C(=C(N)[B]CC[B]C(N)=C(c2ccc(F)cc2)c2cccc(C)c2)c2ccc(F)cc2)c1. The molecule has 4 aromatic carbocycles. The van der Waals surface area contributed by atoms with Crippen molar-refractivity contribution < 1.29 is 8.78 Å². The minimum absolute atomic E-state index is 0.290. The molecule has 2 radical (unpaired) electrons. The average molecular weight is 502 g/mol. The van der Waals surface area contributed by atoms with Gasteiger partial charge in [-0.15, -0.1) is 0 Å². The Labute approximate surface area is 225 Å². The molecule has 0 aromatic heterocycles. The van der Waals surface area contributed by atoms with Crippen molar-refractivity contribution in [1.82, 2.24) is 0 Å². The molecule has 0 aliphatic rings. The Morgan fingerprint density at radius 3 is 1.26 bits per heavy atom. The molecule has 6 heteroatoms. The van der Waals surface area contributed by atoms with E-state index in [1.165, 1.54) is 24.3 Å². The van der Waals surface area contributed by atoms with Crippen LogP contribution < -0.4 is 11.5 Å². The average Bonchev–Trinajstić information content (AvgIpc) is 2.89. The monoisotopic (exact) mass is 502 g/mol. The molecule has 4 N–H and O–H groups in total. The van der Waals surface area contributed by atoms with E-state index < -0.39 is 0 Å². The summed E-state index contributed by atoms with van der Waals surface area (Å²) in [6.45, 7) is 4.06. The second-order valence-electron chi connectivity index (χ2n) is 9.40. The van der Waals surface area contributed by atoms with Crippen LogP contribution in [0.4, 0.5) is 8.78 Å². The van der Waals surface area contributed by atoms with E-state index in [-0.39, 0.29) is 11.6 Å². The lowest BCUT2D eigenvalue weighted by molar-refractivity contribution is 0.627. The lowest BCUT2D eigenvalue weighted by atomic mass is 9.57. The molecule has 4 rings (SSSR count). The van der Waals surface area contributed by atoms with Crippen LogP contribution in [0.25, 0.3) is 11.1 Å². The predicted octanol–water partition coefficient (Wildman–Crippen LogP) is 6.88. The Kier molecular flexibility index (Phi) is 8.85. The molecule has 0 aliphatic heterocycles. The molecule has 0 amide bonds. The summed E-state index contributed by atoms with van der Waals surface area (Å²) in [6, 6.07) is 29.0. The number of aryl methyl sites for hydroxylation is 2. The normalized spacial score (nSPS) is 12.4. The number of rotatable bonds is 9. The van der Waals surface area contributed by atoms with Crippen molar-refractivity contribution in [2.75, 3.05) is 0 Å². The number of nitrogens with two attached hydrogens (primary N) is 2. The first kappa shape index (κ1) is 27.0. The number of benzene rings is 4. The van der Waals surface area contributed by atoms with E-state index in [0.717, 1.165) is 44.5 Å². The van der Waals surface area contributed by atoms with Gasteiger partial charge in [0.2, 0.25) is 0 Å². The molecule has 4 aromatic rings. The van der Waals surface area contributed by atoms with Crippen molar-refractivity contribution in [2.24, 2.45) is 11.5 Å². The molecule has 0 unspecified atom stereocenters. The van der Waals surface area contributed by atoms with Crippen LogP contribution in [0, 0.1) is 25.5 Å². The minimum atomic E-state index is -0.290. The van der Waals surface area contributed by atoms with Gasteiger partial charge < -0.3 is 11.5 Å². The number of halogens is 2. The van der Waals surface area contributed by atoms with Crippen molar-refractivity contribution in [3.63, 3.8) is 0 Å². The Hall–Kier alpha value is -4.05. The predicted molar refractivity (Wildman–Crippen MR) is 157 cm³/mol. The summed E-state index contributed by atoms with van der Waals surface area (Å²) >= 11 is 0. The van der Waals surface area contributed by atoms with Crippen LogP contribution in [0.2, 0.25) is 12.6 Å². The molecule has 0 aliphatic carbocycles. The maximum absolute atomic E-state index is 13.6. The maximum Gasteiger partial charge on any atom is 0.173 e. The van der Waals surface area contributed by atoms with Gasteiger partial charge in [-0.1, -0.05) is 96.6 Å². The fourth-order valence-corrected chi connectivity index (χ4v) is 4.52. The van der Waals surface area contributed by atoms with Crippen LogP contribution in [-0.2, 0) is 0 Å². The highest BCUT2D eigenvalue weighted by atomic mass is 19.1. The Morgan fingerprint density at radius 2 is 0.921 bits per heavy atom. The maximum atomic E-state index is 13.6. The molecule has 0 saturated carbocycles. The van der Waals surface area contributed by atoms with Gasteiger partial charge in [0.1, 0.15) is 11.6 Å². The summed E-state index contributed by atoms with van der Waals surface area (Å²) < 4.78 is 27.2. The van der Waals surface area contributed by atoms with E-state index in [2.05, 4.69) is 12.1 Å². The van der Waals surface area contributed by atoms with Crippen molar-refractivity contribution in [2.45, 2.75) is 26.5 Å². The topological polar surface area (TPSA) is 52.0 Å². The highest BCUT2D eigenvalue weighted by molar-refractivity contribution is 6.53. The zero-order chi connectivity index (χ0) is 27.1. The second-order valence-corrected chi connectivity index (χ2v) is 9.40. The van der Waals surface area contributed by atoms with Crippen LogP contribution in [0.15, 0.2) is 108 Å². The molecule has 0 bridgehead atoms. The van der Waals surface area contributed by atoms with Gasteiger partial charge >= 0.3 is 0 Å². The minimum Gasteiger partial charge on any atom is -0.410 e. The van der Waals surface area contributed by atoms with Gasteiger partial charge in [0.25, 0.3) is 0 Å². The van der Waals surface area contributed by atoms with E-state index in [9.17, 15) is 8.78 Å². The van der Waals surface area contributed by atoms with E-state index in [1.807, 2.05) is 64.8 Å². The fourth-order valence-electron chi connectivity index (χ4n) is 4.52. The summed E-state index contributed by atoms with van der Waals surface area (Å²) in [5.74, 6) is -0.579. The van der Waals surface area contributed by atoms with Crippen molar-refractivity contribution >= 4 is 25.7 Å². The third-order valence-corrected chi connectivity index (χ3v) is 6.35. The smallest absolute Gasteiger partial charge is 0.173 e. The van der Waals surface area contributed by atoms with Crippen LogP contribution in [0.1, 0.15) is 33.4 Å². The van der Waals surface area contributed by atoms with Crippen molar-refractivity contribution in [1.29, 1.82) is 0 Å². The third kappa shape index (κ3) is 6.83. The van der Waals surface area contributed by atoms with Gasteiger partial charge in [-0.25, -0.2) is 8.78 Å². The van der Waals surface area contributed by atoms with Gasteiger partial charge in [0.05, 0.1) is 0 Å². The first-order chi connectivity index (χ1) is 18.3. The van der Waals surface area contributed by atoms with E-state index >= 15 is 0 Å². The molecule has 38 heavy (non-hydrogen) atoms. The largest absolute Gasteiger partial charge is 0.410 e. The van der Waals surface area contributed by atoms with Gasteiger partial charge in [0, 0.05) is 0 Å². The van der Waals surface area contributed by atoms with Gasteiger partial charge in [0.15, 0.2) is 14.6 Å². The summed E-state index contributed by atoms with van der Waals surface area (Å²) in [6.07, 6.45) is 1.32. The third-order valence-electron chi connectivity index (χ3n) is 6.35. The van der Waals surface area contributed by atoms with E-state index in [0.29, 0.717) is 23.8 Å². The summed E-state index contributed by atoms with van der Waals surface area (Å²) in [5, 5.41) is 0. The molecule has 0 saturated heterocycles. The number of hydrogen-bond donors (Lipinski definition) is 2. The lowest BCUT2D eigenvalue weighted by Gasteiger charge is -2.15. The second kappa shape index (κ2) is 12.5. The Bertz CT molecular complexity index is 1350. The van der Waals surface area contributed by atoms with Crippen LogP contribution in [0.3, 0.4) is 0 Å². The quantitative estimate of drug-likeness (QED) is 0.194. The van der Waals surface area contributed by atoms with E-state index in [1.54, 1.807) is 24.3 Å². The van der Waals surface area contributed by atoms with E-state index in [4.69, 9.17) is 11.5 Å². The standard InChI is InChI=1S/C32H30B2F2N2/c1-21-5-3-7-25(19-21)29(23-9-13-27(35)14-10-23)31(37)33-17-18-34-32(38)30(24-11-15-28(36)16-12-24)26-8-4-6-22(2)20-26/h3-16,19-20H,17-18,37-38H2,1-2H3. The van der Waals surface area contributed by atoms with Gasteiger partial charge in [-0.05, 0) is 82.7 Å². The van der Waals surface area contributed by atoms with Crippen LogP contribution in [-0.4, -0.2) is 14.6 Å².